The topological polar surface area (TPSA) is 60.5 Å². The van der Waals surface area contributed by atoms with Gasteiger partial charge >= 0.3 is 0 Å². The number of carbonyl (C=O) groups is 1. The Morgan fingerprint density at radius 2 is 1.62 bits per heavy atom. The molecule has 0 saturated heterocycles. The summed E-state index contributed by atoms with van der Waals surface area (Å²) in [6.07, 6.45) is 3.39. The van der Waals surface area contributed by atoms with Crippen LogP contribution in [0, 0.1) is 0 Å². The zero-order valence-corrected chi connectivity index (χ0v) is 18.9. The molecule has 0 spiro atoms. The third-order valence-electron chi connectivity index (χ3n) is 5.45. The van der Waals surface area contributed by atoms with Gasteiger partial charge in [-0.1, -0.05) is 66.2 Å². The third-order valence-corrected chi connectivity index (χ3v) is 5.69. The fourth-order valence-electron chi connectivity index (χ4n) is 3.72. The summed E-state index contributed by atoms with van der Waals surface area (Å²) in [4.78, 5) is 20.1. The molecule has 5 nitrogen and oxygen atoms in total. The highest BCUT2D eigenvalue weighted by molar-refractivity contribution is 6.31. The lowest BCUT2D eigenvalue weighted by molar-refractivity contribution is 0.100. The van der Waals surface area contributed by atoms with Gasteiger partial charge in [0.2, 0.25) is 0 Å². The molecule has 0 bridgehead atoms. The number of halogens is 1. The number of aliphatic imine (C=N–C) groups is 1. The number of rotatable bonds is 6. The van der Waals surface area contributed by atoms with Crippen LogP contribution in [0.1, 0.15) is 10.4 Å². The van der Waals surface area contributed by atoms with Crippen LogP contribution in [0.4, 0.5) is 11.4 Å². The van der Waals surface area contributed by atoms with Crippen LogP contribution in [0.3, 0.4) is 0 Å². The van der Waals surface area contributed by atoms with Crippen LogP contribution in [-0.2, 0) is 0 Å². The van der Waals surface area contributed by atoms with E-state index in [4.69, 9.17) is 11.6 Å². The van der Waals surface area contributed by atoms with Crippen molar-refractivity contribution in [3.8, 4) is 11.1 Å². The van der Waals surface area contributed by atoms with E-state index in [-0.39, 0.29) is 5.91 Å². The summed E-state index contributed by atoms with van der Waals surface area (Å²) in [7, 11) is 0. The second kappa shape index (κ2) is 9.65. The van der Waals surface area contributed by atoms with E-state index in [9.17, 15) is 4.79 Å². The van der Waals surface area contributed by atoms with Crippen molar-refractivity contribution >= 4 is 46.1 Å². The second-order valence-electron chi connectivity index (χ2n) is 7.70. The molecule has 2 N–H and O–H groups in total. The average Bonchev–Trinajstić information content (AvgIpc) is 3.37. The number of carbonyl (C=O) groups excluding carboxylic acids is 1. The van der Waals surface area contributed by atoms with Crippen LogP contribution in [0.2, 0.25) is 5.02 Å². The molecule has 166 valence electrons. The number of nitrogens with one attached hydrogen (secondary N) is 2. The number of nitrogens with zero attached hydrogens (tertiary/aromatic N) is 2. The molecule has 0 atom stereocenters. The molecule has 0 radical (unpaired) electrons. The van der Waals surface area contributed by atoms with Gasteiger partial charge in [0, 0.05) is 27.7 Å². The first-order chi connectivity index (χ1) is 16.7. The fourth-order valence-corrected chi connectivity index (χ4v) is 3.91. The van der Waals surface area contributed by atoms with Gasteiger partial charge in [0.25, 0.3) is 5.91 Å². The van der Waals surface area contributed by atoms with E-state index >= 15 is 0 Å². The quantitative estimate of drug-likeness (QED) is 0.159. The number of hydrogen-bond acceptors (Lipinski definition) is 2. The summed E-state index contributed by atoms with van der Waals surface area (Å²) in [5.74, 6) is -0.380. The lowest BCUT2D eigenvalue weighted by Crippen LogP contribution is -2.28. The molecule has 1 heterocycles. The number of benzene rings is 4. The highest BCUT2D eigenvalue weighted by Gasteiger charge is 2.10. The Labute approximate surface area is 202 Å². The van der Waals surface area contributed by atoms with Crippen LogP contribution < -0.4 is 10.4 Å². The summed E-state index contributed by atoms with van der Waals surface area (Å²) < 4.78 is 0. The minimum absolute atomic E-state index is 0.380. The number of amides is 1. The zero-order chi connectivity index (χ0) is 23.3. The van der Waals surface area contributed by atoms with Gasteiger partial charge in [-0.15, -0.1) is 0 Å². The maximum atomic E-state index is 12.7. The number of aromatic amines is 1. The summed E-state index contributed by atoms with van der Waals surface area (Å²) in [6.45, 7) is 0. The van der Waals surface area contributed by atoms with Crippen molar-refractivity contribution < 1.29 is 4.79 Å². The predicted molar refractivity (Wildman–Crippen MR) is 141 cm³/mol. The molecule has 0 aliphatic carbocycles. The molecule has 5 aromatic rings. The Morgan fingerprint density at radius 1 is 0.853 bits per heavy atom. The van der Waals surface area contributed by atoms with Crippen molar-refractivity contribution in [2.45, 2.75) is 0 Å². The monoisotopic (exact) mass is 464 g/mol. The summed E-state index contributed by atoms with van der Waals surface area (Å²) >= 11 is 6.04. The van der Waals surface area contributed by atoms with E-state index in [1.54, 1.807) is 29.3 Å². The normalized spacial score (nSPS) is 11.1. The molecule has 0 unspecified atom stereocenters. The number of hydrogen-bond donors (Lipinski definition) is 2. The van der Waals surface area contributed by atoms with E-state index in [0.29, 0.717) is 10.6 Å². The van der Waals surface area contributed by atoms with E-state index < -0.39 is 0 Å². The van der Waals surface area contributed by atoms with Gasteiger partial charge in [-0.25, -0.2) is 5.01 Å². The Bertz CT molecular complexity index is 1460. The Balaban J connectivity index is 1.47. The first kappa shape index (κ1) is 21.5. The average molecular weight is 465 g/mol. The van der Waals surface area contributed by atoms with Crippen LogP contribution >= 0.6 is 11.6 Å². The van der Waals surface area contributed by atoms with Crippen molar-refractivity contribution in [2.75, 3.05) is 10.4 Å². The number of hydrazine groups is 1. The van der Waals surface area contributed by atoms with Crippen molar-refractivity contribution in [1.29, 1.82) is 0 Å². The molecule has 5 rings (SSSR count). The SMILES string of the molecule is O=C(N=CN(Nc1cccc2[nH]ccc12)c1ccc(-c2ccccc2)cc1)c1cccc(Cl)c1. The van der Waals surface area contributed by atoms with Crippen molar-refractivity contribution in [2.24, 2.45) is 4.99 Å². The van der Waals surface area contributed by atoms with Gasteiger partial charge in [0.15, 0.2) is 0 Å². The van der Waals surface area contributed by atoms with Crippen molar-refractivity contribution in [1.82, 2.24) is 4.98 Å². The minimum Gasteiger partial charge on any atom is -0.361 e. The molecule has 0 saturated carbocycles. The Kier molecular flexibility index (Phi) is 6.10. The number of fused-ring (bicyclic) bond motifs is 1. The second-order valence-corrected chi connectivity index (χ2v) is 8.14. The van der Waals surface area contributed by atoms with Gasteiger partial charge in [0.1, 0.15) is 6.34 Å². The van der Waals surface area contributed by atoms with E-state index in [0.717, 1.165) is 33.4 Å². The molecule has 0 aliphatic heterocycles. The van der Waals surface area contributed by atoms with Crippen molar-refractivity contribution in [3.05, 3.63) is 120 Å². The van der Waals surface area contributed by atoms with Gasteiger partial charge in [-0.2, -0.15) is 4.99 Å². The van der Waals surface area contributed by atoms with E-state index in [1.165, 1.54) is 6.34 Å². The predicted octanol–water partition coefficient (Wildman–Crippen LogP) is 7.19. The van der Waals surface area contributed by atoms with E-state index in [1.807, 2.05) is 72.9 Å². The molecule has 1 amide bonds. The summed E-state index contributed by atoms with van der Waals surface area (Å²) in [5.41, 5.74) is 8.77. The molecule has 1 aromatic heterocycles. The molecule has 4 aromatic carbocycles. The summed E-state index contributed by atoms with van der Waals surface area (Å²) in [6, 6.07) is 33.0. The lowest BCUT2D eigenvalue weighted by Gasteiger charge is -2.22. The number of H-pyrrole nitrogens is 1. The number of anilines is 2. The molecule has 0 aliphatic rings. The maximum Gasteiger partial charge on any atom is 0.278 e. The molecule has 34 heavy (non-hydrogen) atoms. The van der Waals surface area contributed by atoms with Crippen LogP contribution in [-0.4, -0.2) is 17.2 Å². The van der Waals surface area contributed by atoms with Gasteiger partial charge < -0.3 is 4.98 Å². The Hall–Kier alpha value is -4.35. The highest BCUT2D eigenvalue weighted by atomic mass is 35.5. The first-order valence-corrected chi connectivity index (χ1v) is 11.2. The van der Waals surface area contributed by atoms with Gasteiger partial charge in [-0.05, 0) is 59.7 Å². The third kappa shape index (κ3) is 4.70. The largest absolute Gasteiger partial charge is 0.361 e. The molecule has 6 heteroatoms. The highest BCUT2D eigenvalue weighted by Crippen LogP contribution is 2.26. The maximum absolute atomic E-state index is 12.7. The lowest BCUT2D eigenvalue weighted by atomic mass is 10.1. The summed E-state index contributed by atoms with van der Waals surface area (Å²) in [5, 5.41) is 3.26. The minimum atomic E-state index is -0.380. The smallest absolute Gasteiger partial charge is 0.278 e. The van der Waals surface area contributed by atoms with Gasteiger partial charge in [0.05, 0.1) is 11.4 Å². The number of aromatic nitrogens is 1. The van der Waals surface area contributed by atoms with Crippen LogP contribution in [0.15, 0.2) is 114 Å². The molecular weight excluding hydrogens is 444 g/mol. The fraction of sp³-hybridized carbons (Fsp3) is 0. The van der Waals surface area contributed by atoms with Gasteiger partial charge in [-0.3, -0.25) is 10.2 Å². The van der Waals surface area contributed by atoms with Crippen LogP contribution in [0.25, 0.3) is 22.0 Å². The van der Waals surface area contributed by atoms with Crippen molar-refractivity contribution in [3.63, 3.8) is 0 Å². The standard InChI is InChI=1S/C28H21ClN4O/c29-23-9-4-8-22(18-23)28(34)31-19-33(32-27-11-5-10-26-25(27)16-17-30-26)24-14-12-21(13-15-24)20-6-2-1-3-7-20/h1-19,30,32H. The molecular formula is C28H21ClN4O. The van der Waals surface area contributed by atoms with E-state index in [2.05, 4.69) is 27.5 Å². The Morgan fingerprint density at radius 3 is 2.41 bits per heavy atom. The zero-order valence-electron chi connectivity index (χ0n) is 18.2. The van der Waals surface area contributed by atoms with Crippen LogP contribution in [0.5, 0.6) is 0 Å². The first-order valence-electron chi connectivity index (χ1n) is 10.8. The molecule has 0 fully saturated rings.